The second-order valence-corrected chi connectivity index (χ2v) is 6.35. The molecule has 1 N–H and O–H groups in total. The quantitative estimate of drug-likeness (QED) is 0.743. The van der Waals surface area contributed by atoms with Crippen molar-refractivity contribution in [3.05, 3.63) is 72.3 Å². The Balaban J connectivity index is 1.44. The molecule has 132 valence electrons. The normalized spacial score (nSPS) is 13.8. The molecule has 1 fully saturated rings. The van der Waals surface area contributed by atoms with Crippen LogP contribution in [-0.2, 0) is 6.54 Å². The van der Waals surface area contributed by atoms with Crippen LogP contribution in [0, 0.1) is 0 Å². The predicted molar refractivity (Wildman–Crippen MR) is 97.2 cm³/mol. The Morgan fingerprint density at radius 1 is 1.19 bits per heavy atom. The van der Waals surface area contributed by atoms with Crippen molar-refractivity contribution >= 4 is 5.91 Å². The summed E-state index contributed by atoms with van der Waals surface area (Å²) >= 11 is 0. The highest BCUT2D eigenvalue weighted by Gasteiger charge is 2.20. The van der Waals surface area contributed by atoms with E-state index in [9.17, 15) is 4.79 Å². The Morgan fingerprint density at radius 3 is 2.85 bits per heavy atom. The van der Waals surface area contributed by atoms with Crippen LogP contribution >= 0.6 is 0 Å². The summed E-state index contributed by atoms with van der Waals surface area (Å²) in [4.78, 5) is 16.5. The Labute approximate surface area is 151 Å². The molecule has 4 rings (SSSR count). The Hall–Kier alpha value is -3.15. The van der Waals surface area contributed by atoms with Crippen molar-refractivity contribution < 1.29 is 9.53 Å². The number of aromatic nitrogens is 3. The van der Waals surface area contributed by atoms with Crippen molar-refractivity contribution in [3.8, 4) is 11.4 Å². The number of amides is 1. The number of carbonyl (C=O) groups excluding carboxylic acids is 1. The zero-order valence-electron chi connectivity index (χ0n) is 14.3. The lowest BCUT2D eigenvalue weighted by molar-refractivity contribution is 0.0948. The summed E-state index contributed by atoms with van der Waals surface area (Å²) in [5.74, 6) is 0.722. The summed E-state index contributed by atoms with van der Waals surface area (Å²) in [6.07, 6.45) is 6.82. The Bertz CT molecular complexity index is 888. The molecule has 1 aromatic heterocycles. The van der Waals surface area contributed by atoms with Gasteiger partial charge in [-0.1, -0.05) is 24.3 Å². The molecule has 0 aliphatic heterocycles. The maximum atomic E-state index is 12.5. The maximum absolute atomic E-state index is 12.5. The molecule has 1 aliphatic carbocycles. The fourth-order valence-corrected chi connectivity index (χ4v) is 2.84. The van der Waals surface area contributed by atoms with Crippen LogP contribution in [0.1, 0.15) is 35.2 Å². The first kappa shape index (κ1) is 16.3. The monoisotopic (exact) mass is 348 g/mol. The Kier molecular flexibility index (Phi) is 4.64. The molecular weight excluding hydrogens is 328 g/mol. The lowest BCUT2D eigenvalue weighted by Gasteiger charge is -2.27. The topological polar surface area (TPSA) is 69.0 Å². The summed E-state index contributed by atoms with van der Waals surface area (Å²) in [7, 11) is 0. The third-order valence-electron chi connectivity index (χ3n) is 4.55. The van der Waals surface area contributed by atoms with Gasteiger partial charge < -0.3 is 10.1 Å². The van der Waals surface area contributed by atoms with Gasteiger partial charge in [0.05, 0.1) is 11.8 Å². The van der Waals surface area contributed by atoms with Gasteiger partial charge in [-0.05, 0) is 43.5 Å². The minimum absolute atomic E-state index is 0.134. The average Bonchev–Trinajstić information content (AvgIpc) is 3.18. The van der Waals surface area contributed by atoms with Gasteiger partial charge >= 0.3 is 0 Å². The first-order valence-corrected chi connectivity index (χ1v) is 8.77. The van der Waals surface area contributed by atoms with Gasteiger partial charge in [0.25, 0.3) is 5.91 Å². The van der Waals surface area contributed by atoms with Crippen molar-refractivity contribution in [2.24, 2.45) is 0 Å². The molecule has 0 spiro atoms. The molecule has 26 heavy (non-hydrogen) atoms. The molecule has 6 nitrogen and oxygen atoms in total. The molecule has 1 amide bonds. The third-order valence-corrected chi connectivity index (χ3v) is 4.55. The molecule has 1 saturated carbocycles. The van der Waals surface area contributed by atoms with E-state index < -0.39 is 0 Å². The summed E-state index contributed by atoms with van der Waals surface area (Å²) in [5.41, 5.74) is 2.36. The van der Waals surface area contributed by atoms with Gasteiger partial charge in [-0.3, -0.25) is 4.79 Å². The highest BCUT2D eigenvalue weighted by Crippen LogP contribution is 2.27. The van der Waals surface area contributed by atoms with Gasteiger partial charge in [0.1, 0.15) is 18.4 Å². The van der Waals surface area contributed by atoms with Gasteiger partial charge in [0, 0.05) is 17.7 Å². The lowest BCUT2D eigenvalue weighted by atomic mass is 9.96. The van der Waals surface area contributed by atoms with Gasteiger partial charge in [-0.25, -0.2) is 9.67 Å². The highest BCUT2D eigenvalue weighted by atomic mass is 16.5. The summed E-state index contributed by atoms with van der Waals surface area (Å²) in [6, 6.07) is 15.2. The molecule has 0 saturated heterocycles. The second kappa shape index (κ2) is 7.39. The van der Waals surface area contributed by atoms with Crippen LogP contribution in [0.25, 0.3) is 5.69 Å². The summed E-state index contributed by atoms with van der Waals surface area (Å²) in [5, 5.41) is 7.06. The van der Waals surface area contributed by atoms with E-state index in [1.165, 1.54) is 12.7 Å². The van der Waals surface area contributed by atoms with Crippen molar-refractivity contribution in [3.63, 3.8) is 0 Å². The van der Waals surface area contributed by atoms with Crippen LogP contribution in [0.15, 0.2) is 61.2 Å². The number of carbonyl (C=O) groups is 1. The van der Waals surface area contributed by atoms with Crippen LogP contribution in [0.3, 0.4) is 0 Å². The predicted octanol–water partition coefficient (Wildman–Crippen LogP) is 3.13. The molecule has 0 radical (unpaired) electrons. The van der Waals surface area contributed by atoms with E-state index in [1.807, 2.05) is 36.4 Å². The van der Waals surface area contributed by atoms with Crippen molar-refractivity contribution in [2.45, 2.75) is 31.9 Å². The van der Waals surface area contributed by atoms with E-state index in [1.54, 1.807) is 23.1 Å². The van der Waals surface area contributed by atoms with Crippen LogP contribution in [0.2, 0.25) is 0 Å². The smallest absolute Gasteiger partial charge is 0.251 e. The summed E-state index contributed by atoms with van der Waals surface area (Å²) in [6.45, 7) is 0.426. The molecule has 3 aromatic rings. The van der Waals surface area contributed by atoms with Crippen molar-refractivity contribution in [1.82, 2.24) is 20.1 Å². The zero-order valence-corrected chi connectivity index (χ0v) is 14.3. The standard InChI is InChI=1S/C20H20N4O2/c25-20(15-6-3-7-17(11-15)24-14-21-13-23-24)22-12-16-5-1-2-10-19(16)26-18-8-4-9-18/h1-3,5-7,10-11,13-14,18H,4,8-9,12H2,(H,22,25). The van der Waals surface area contributed by atoms with E-state index >= 15 is 0 Å². The molecule has 1 aliphatic rings. The van der Waals surface area contributed by atoms with Crippen LogP contribution < -0.4 is 10.1 Å². The number of nitrogens with one attached hydrogen (secondary N) is 1. The van der Waals surface area contributed by atoms with E-state index in [2.05, 4.69) is 15.4 Å². The van der Waals surface area contributed by atoms with Gasteiger partial charge in [0.2, 0.25) is 0 Å². The van der Waals surface area contributed by atoms with Gasteiger partial charge in [-0.2, -0.15) is 5.10 Å². The van der Waals surface area contributed by atoms with Crippen LogP contribution in [0.5, 0.6) is 5.75 Å². The molecule has 2 aromatic carbocycles. The highest BCUT2D eigenvalue weighted by molar-refractivity contribution is 5.94. The Morgan fingerprint density at radius 2 is 2.08 bits per heavy atom. The number of ether oxygens (including phenoxy) is 1. The van der Waals surface area contributed by atoms with E-state index in [0.29, 0.717) is 18.2 Å². The fraction of sp³-hybridized carbons (Fsp3) is 0.250. The first-order valence-electron chi connectivity index (χ1n) is 8.77. The van der Waals surface area contributed by atoms with Crippen molar-refractivity contribution in [1.29, 1.82) is 0 Å². The minimum atomic E-state index is -0.134. The number of hydrogen-bond acceptors (Lipinski definition) is 4. The van der Waals surface area contributed by atoms with Gasteiger partial charge in [-0.15, -0.1) is 0 Å². The molecule has 0 atom stereocenters. The lowest BCUT2D eigenvalue weighted by Crippen LogP contribution is -2.26. The fourth-order valence-electron chi connectivity index (χ4n) is 2.84. The molecule has 0 unspecified atom stereocenters. The number of benzene rings is 2. The number of para-hydroxylation sites is 1. The second-order valence-electron chi connectivity index (χ2n) is 6.35. The van der Waals surface area contributed by atoms with Crippen LogP contribution in [0.4, 0.5) is 0 Å². The van der Waals surface area contributed by atoms with Crippen LogP contribution in [-0.4, -0.2) is 26.8 Å². The minimum Gasteiger partial charge on any atom is -0.490 e. The van der Waals surface area contributed by atoms with E-state index in [4.69, 9.17) is 4.74 Å². The zero-order chi connectivity index (χ0) is 17.8. The summed E-state index contributed by atoms with van der Waals surface area (Å²) < 4.78 is 7.64. The third kappa shape index (κ3) is 3.59. The molecule has 1 heterocycles. The molecule has 0 bridgehead atoms. The van der Waals surface area contributed by atoms with E-state index in [-0.39, 0.29) is 5.91 Å². The van der Waals surface area contributed by atoms with E-state index in [0.717, 1.165) is 29.8 Å². The largest absolute Gasteiger partial charge is 0.490 e. The molecule has 6 heteroatoms. The number of nitrogens with zero attached hydrogens (tertiary/aromatic N) is 3. The van der Waals surface area contributed by atoms with Crippen molar-refractivity contribution in [2.75, 3.05) is 0 Å². The molecular formula is C20H20N4O2. The maximum Gasteiger partial charge on any atom is 0.251 e. The first-order chi connectivity index (χ1) is 12.8. The average molecular weight is 348 g/mol. The SMILES string of the molecule is O=C(NCc1ccccc1OC1CCC1)c1cccc(-n2cncn2)c1. The van der Waals surface area contributed by atoms with Gasteiger partial charge in [0.15, 0.2) is 0 Å². The number of rotatable bonds is 6. The number of hydrogen-bond donors (Lipinski definition) is 1.